The van der Waals surface area contributed by atoms with Crippen molar-refractivity contribution in [2.24, 2.45) is 0 Å². The number of hydrogen-bond acceptors (Lipinski definition) is 5. The zero-order valence-electron chi connectivity index (χ0n) is 9.81. The number of carbonyl (C=O) groups is 2. The number of Topliss-reactive ketones (excluding diaryl/α,β-unsaturated/α-hetero) is 1. The molecule has 2 aromatic rings. The van der Waals surface area contributed by atoms with Gasteiger partial charge in [-0.1, -0.05) is 27.3 Å². The number of nitrogens with one attached hydrogen (secondary N) is 1. The molecule has 0 aliphatic rings. The lowest BCUT2D eigenvalue weighted by Crippen LogP contribution is -2.03. The number of anilines is 2. The van der Waals surface area contributed by atoms with Gasteiger partial charge >= 0.3 is 5.97 Å². The highest BCUT2D eigenvalue weighted by Crippen LogP contribution is 2.27. The molecule has 0 fully saturated rings. The topological polar surface area (TPSA) is 79.3 Å². The van der Waals surface area contributed by atoms with Gasteiger partial charge in [0.05, 0.1) is 0 Å². The molecule has 1 aromatic heterocycles. The van der Waals surface area contributed by atoms with Gasteiger partial charge in [-0.25, -0.2) is 9.78 Å². The van der Waals surface area contributed by atoms with Gasteiger partial charge in [0.15, 0.2) is 16.6 Å². The highest BCUT2D eigenvalue weighted by molar-refractivity contribution is 9.10. The lowest BCUT2D eigenvalue weighted by molar-refractivity contribution is 0.0687. The summed E-state index contributed by atoms with van der Waals surface area (Å²) in [7, 11) is 0. The molecule has 5 nitrogen and oxygen atoms in total. The number of hydrogen-bond donors (Lipinski definition) is 2. The summed E-state index contributed by atoms with van der Waals surface area (Å²) in [4.78, 5) is 26.4. The van der Waals surface area contributed by atoms with Crippen LogP contribution in [-0.2, 0) is 0 Å². The number of rotatable bonds is 4. The van der Waals surface area contributed by atoms with Crippen molar-refractivity contribution in [1.29, 1.82) is 0 Å². The van der Waals surface area contributed by atoms with Crippen LogP contribution in [0.2, 0.25) is 0 Å². The quantitative estimate of drug-likeness (QED) is 0.832. The van der Waals surface area contributed by atoms with E-state index in [2.05, 4.69) is 26.2 Å². The third kappa shape index (κ3) is 3.18. The molecule has 0 spiro atoms. The molecule has 19 heavy (non-hydrogen) atoms. The van der Waals surface area contributed by atoms with E-state index in [0.29, 0.717) is 5.13 Å². The van der Waals surface area contributed by atoms with Crippen LogP contribution < -0.4 is 5.32 Å². The maximum absolute atomic E-state index is 11.4. The molecule has 7 heteroatoms. The Kier molecular flexibility index (Phi) is 3.96. The van der Waals surface area contributed by atoms with Crippen LogP contribution >= 0.6 is 27.3 Å². The molecule has 0 bridgehead atoms. The molecule has 1 aromatic carbocycles. The summed E-state index contributed by atoms with van der Waals surface area (Å²) in [5.74, 6) is -1.51. The van der Waals surface area contributed by atoms with E-state index in [0.717, 1.165) is 21.5 Å². The molecule has 0 amide bonds. The fourth-order valence-corrected chi connectivity index (χ4v) is 2.55. The number of thiazole rings is 1. The molecule has 98 valence electrons. The van der Waals surface area contributed by atoms with Crippen LogP contribution in [0, 0.1) is 0 Å². The van der Waals surface area contributed by atoms with Gasteiger partial charge in [0.2, 0.25) is 0 Å². The van der Waals surface area contributed by atoms with E-state index < -0.39 is 5.97 Å². The number of nitrogens with zero attached hydrogens (tertiary/aromatic N) is 1. The van der Waals surface area contributed by atoms with E-state index in [1.165, 1.54) is 6.92 Å². The first-order valence-electron chi connectivity index (χ1n) is 5.25. The Morgan fingerprint density at radius 1 is 1.32 bits per heavy atom. The number of halogens is 1. The molecule has 0 aliphatic heterocycles. The van der Waals surface area contributed by atoms with Crippen LogP contribution in [0.1, 0.15) is 27.1 Å². The average molecular weight is 341 g/mol. The summed E-state index contributed by atoms with van der Waals surface area (Å²) >= 11 is 4.35. The molecule has 0 radical (unpaired) electrons. The maximum atomic E-state index is 11.4. The van der Waals surface area contributed by atoms with Gasteiger partial charge in [0, 0.05) is 17.1 Å². The van der Waals surface area contributed by atoms with Crippen molar-refractivity contribution >= 4 is 49.8 Å². The van der Waals surface area contributed by atoms with E-state index >= 15 is 0 Å². The van der Waals surface area contributed by atoms with Crippen molar-refractivity contribution in [3.63, 3.8) is 0 Å². The number of aromatic nitrogens is 1. The van der Waals surface area contributed by atoms with Crippen molar-refractivity contribution in [2.75, 3.05) is 5.32 Å². The highest BCUT2D eigenvalue weighted by atomic mass is 79.9. The van der Waals surface area contributed by atoms with Crippen molar-refractivity contribution in [3.05, 3.63) is 39.3 Å². The minimum atomic E-state index is -1.20. The Bertz CT molecular complexity index is 605. The zero-order chi connectivity index (χ0) is 14.0. The number of carboxylic acid groups (broad SMARTS) is 1. The van der Waals surface area contributed by atoms with Gasteiger partial charge in [-0.2, -0.15) is 0 Å². The largest absolute Gasteiger partial charge is 0.476 e. The Morgan fingerprint density at radius 2 is 1.95 bits per heavy atom. The molecule has 0 unspecified atom stereocenters. The lowest BCUT2D eigenvalue weighted by atomic mass is 10.3. The van der Waals surface area contributed by atoms with Gasteiger partial charge in [-0.3, -0.25) is 4.79 Å². The van der Waals surface area contributed by atoms with Gasteiger partial charge in [-0.05, 0) is 24.3 Å². The predicted octanol–water partition coefficient (Wildman–Crippen LogP) is 3.55. The monoisotopic (exact) mass is 340 g/mol. The van der Waals surface area contributed by atoms with Gasteiger partial charge < -0.3 is 10.4 Å². The second-order valence-electron chi connectivity index (χ2n) is 3.69. The van der Waals surface area contributed by atoms with Crippen molar-refractivity contribution in [3.8, 4) is 0 Å². The Hall–Kier alpha value is -1.73. The summed E-state index contributed by atoms with van der Waals surface area (Å²) < 4.78 is 0.938. The van der Waals surface area contributed by atoms with Gasteiger partial charge in [0.1, 0.15) is 4.88 Å². The predicted molar refractivity (Wildman–Crippen MR) is 76.5 cm³/mol. The van der Waals surface area contributed by atoms with E-state index in [1.54, 1.807) is 0 Å². The number of benzene rings is 1. The van der Waals surface area contributed by atoms with Gasteiger partial charge in [-0.15, -0.1) is 0 Å². The molecule has 0 saturated heterocycles. The van der Waals surface area contributed by atoms with Crippen LogP contribution in [0.4, 0.5) is 10.8 Å². The van der Waals surface area contributed by atoms with Crippen LogP contribution in [0.25, 0.3) is 0 Å². The maximum Gasteiger partial charge on any atom is 0.356 e. The smallest absolute Gasteiger partial charge is 0.356 e. The molecule has 2 N–H and O–H groups in total. The summed E-state index contributed by atoms with van der Waals surface area (Å²) in [6.07, 6.45) is 0. The Balaban J connectivity index is 2.31. The first-order chi connectivity index (χ1) is 8.97. The fraction of sp³-hybridized carbons (Fsp3) is 0.0833. The third-order valence-electron chi connectivity index (χ3n) is 2.24. The summed E-state index contributed by atoms with van der Waals surface area (Å²) in [6, 6.07) is 7.33. The first kappa shape index (κ1) is 13.7. The normalized spacial score (nSPS) is 10.2. The SMILES string of the molecule is CC(=O)c1sc(Nc2ccc(Br)cc2)nc1C(=O)O. The molecular formula is C12H9BrN2O3S. The van der Waals surface area contributed by atoms with E-state index in [1.807, 2.05) is 24.3 Å². The van der Waals surface area contributed by atoms with Crippen LogP contribution in [0.3, 0.4) is 0 Å². The molecule has 2 rings (SSSR count). The van der Waals surface area contributed by atoms with E-state index in [9.17, 15) is 9.59 Å². The Morgan fingerprint density at radius 3 is 2.42 bits per heavy atom. The minimum absolute atomic E-state index is 0.145. The summed E-state index contributed by atoms with van der Waals surface area (Å²) in [5, 5.41) is 12.3. The van der Waals surface area contributed by atoms with Crippen LogP contribution in [-0.4, -0.2) is 21.8 Å². The van der Waals surface area contributed by atoms with Gasteiger partial charge in [0.25, 0.3) is 0 Å². The standard InChI is InChI=1S/C12H9BrN2O3S/c1-6(16)10-9(11(17)18)15-12(19-10)14-8-4-2-7(13)3-5-8/h2-5H,1H3,(H,14,15)(H,17,18). The van der Waals surface area contributed by atoms with E-state index in [4.69, 9.17) is 5.11 Å². The highest BCUT2D eigenvalue weighted by Gasteiger charge is 2.20. The number of ketones is 1. The van der Waals surface area contributed by atoms with Crippen LogP contribution in [0.15, 0.2) is 28.7 Å². The minimum Gasteiger partial charge on any atom is -0.476 e. The number of carbonyl (C=O) groups excluding carboxylic acids is 1. The average Bonchev–Trinajstić information content (AvgIpc) is 2.76. The number of carboxylic acids is 1. The summed E-state index contributed by atoms with van der Waals surface area (Å²) in [5.41, 5.74) is 0.557. The second-order valence-corrected chi connectivity index (χ2v) is 5.60. The molecule has 1 heterocycles. The van der Waals surface area contributed by atoms with Crippen LogP contribution in [0.5, 0.6) is 0 Å². The second kappa shape index (κ2) is 5.50. The molecule has 0 saturated carbocycles. The fourth-order valence-electron chi connectivity index (χ4n) is 1.41. The lowest BCUT2D eigenvalue weighted by Gasteiger charge is -2.01. The van der Waals surface area contributed by atoms with Crippen molar-refractivity contribution in [1.82, 2.24) is 4.98 Å². The molecule has 0 aliphatic carbocycles. The van der Waals surface area contributed by atoms with Crippen molar-refractivity contribution < 1.29 is 14.7 Å². The zero-order valence-corrected chi connectivity index (χ0v) is 12.2. The van der Waals surface area contributed by atoms with E-state index in [-0.39, 0.29) is 16.4 Å². The first-order valence-corrected chi connectivity index (χ1v) is 6.86. The van der Waals surface area contributed by atoms with Crippen molar-refractivity contribution in [2.45, 2.75) is 6.92 Å². The molecule has 0 atom stereocenters. The Labute approximate surface area is 121 Å². The third-order valence-corrected chi connectivity index (χ3v) is 3.85. The summed E-state index contributed by atoms with van der Waals surface area (Å²) in [6.45, 7) is 1.32. The number of aromatic carboxylic acids is 1. The molecular weight excluding hydrogens is 332 g/mol.